The molecule has 1 aromatic carbocycles. The van der Waals surface area contributed by atoms with Crippen LogP contribution in [0.1, 0.15) is 16.1 Å². The van der Waals surface area contributed by atoms with Crippen molar-refractivity contribution in [3.8, 4) is 0 Å². The molecular weight excluding hydrogens is 212 g/mol. The van der Waals surface area contributed by atoms with Crippen LogP contribution in [0.2, 0.25) is 5.02 Å². The zero-order valence-electron chi connectivity index (χ0n) is 7.83. The van der Waals surface area contributed by atoms with E-state index in [0.29, 0.717) is 22.0 Å². The Morgan fingerprint density at radius 1 is 1.33 bits per heavy atom. The zero-order chi connectivity index (χ0) is 10.8. The minimum atomic E-state index is -0.134. The average molecular weight is 221 g/mol. The molecule has 0 fully saturated rings. The average Bonchev–Trinajstić information content (AvgIpc) is 2.69. The largest absolute Gasteiger partial charge is 0.399 e. The Hall–Kier alpha value is -1.74. The van der Waals surface area contributed by atoms with E-state index in [1.165, 1.54) is 0 Å². The van der Waals surface area contributed by atoms with Crippen molar-refractivity contribution in [1.82, 2.24) is 4.98 Å². The second-order valence-corrected chi connectivity index (χ2v) is 3.56. The molecule has 0 aliphatic carbocycles. The van der Waals surface area contributed by atoms with Gasteiger partial charge in [0.1, 0.15) is 0 Å². The Morgan fingerprint density at radius 3 is 2.73 bits per heavy atom. The van der Waals surface area contributed by atoms with Crippen molar-refractivity contribution in [1.29, 1.82) is 0 Å². The summed E-state index contributed by atoms with van der Waals surface area (Å²) >= 11 is 5.93. The highest BCUT2D eigenvalue weighted by Gasteiger charge is 2.13. The fourth-order valence-electron chi connectivity index (χ4n) is 1.33. The van der Waals surface area contributed by atoms with Crippen molar-refractivity contribution >= 4 is 23.1 Å². The van der Waals surface area contributed by atoms with Gasteiger partial charge >= 0.3 is 0 Å². The Morgan fingerprint density at radius 2 is 2.13 bits per heavy atom. The van der Waals surface area contributed by atoms with E-state index in [1.807, 2.05) is 0 Å². The van der Waals surface area contributed by atoms with Crippen LogP contribution in [0.15, 0.2) is 36.5 Å². The van der Waals surface area contributed by atoms with E-state index in [0.717, 1.165) is 0 Å². The number of rotatable bonds is 2. The third kappa shape index (κ3) is 1.87. The summed E-state index contributed by atoms with van der Waals surface area (Å²) in [6, 6.07) is 8.31. The molecule has 0 aliphatic heterocycles. The van der Waals surface area contributed by atoms with E-state index in [1.54, 1.807) is 36.5 Å². The molecule has 0 saturated heterocycles. The van der Waals surface area contributed by atoms with Crippen molar-refractivity contribution in [3.05, 3.63) is 52.8 Å². The number of nitrogen functional groups attached to an aromatic ring is 1. The normalized spacial score (nSPS) is 10.2. The molecule has 2 rings (SSSR count). The van der Waals surface area contributed by atoms with Gasteiger partial charge in [-0.05, 0) is 30.3 Å². The Kier molecular flexibility index (Phi) is 2.47. The number of nitrogens with two attached hydrogens (primary N) is 1. The molecule has 0 bridgehead atoms. The van der Waals surface area contributed by atoms with E-state index in [-0.39, 0.29) is 5.78 Å². The molecule has 15 heavy (non-hydrogen) atoms. The second kappa shape index (κ2) is 3.79. The van der Waals surface area contributed by atoms with Gasteiger partial charge in [0.2, 0.25) is 5.78 Å². The molecule has 1 heterocycles. The van der Waals surface area contributed by atoms with Gasteiger partial charge in [0.15, 0.2) is 0 Å². The number of carbonyl (C=O) groups is 1. The van der Waals surface area contributed by atoms with E-state index >= 15 is 0 Å². The second-order valence-electron chi connectivity index (χ2n) is 3.15. The standard InChI is InChI=1S/C11H9ClN2O/c12-9-6-7(13)3-4-8(9)11(15)10-2-1-5-14-10/h1-6,14H,13H2. The number of hydrogen-bond acceptors (Lipinski definition) is 2. The molecule has 0 saturated carbocycles. The van der Waals surface area contributed by atoms with Crippen LogP contribution in [-0.4, -0.2) is 10.8 Å². The Bertz CT molecular complexity index is 491. The first-order valence-corrected chi connectivity index (χ1v) is 4.79. The van der Waals surface area contributed by atoms with Gasteiger partial charge in [0.25, 0.3) is 0 Å². The highest BCUT2D eigenvalue weighted by atomic mass is 35.5. The van der Waals surface area contributed by atoms with E-state index in [2.05, 4.69) is 4.98 Å². The number of nitrogens with one attached hydrogen (secondary N) is 1. The quantitative estimate of drug-likeness (QED) is 0.604. The maximum Gasteiger partial charge on any atom is 0.210 e. The first kappa shape index (κ1) is 9.80. The predicted octanol–water partition coefficient (Wildman–Crippen LogP) is 2.48. The van der Waals surface area contributed by atoms with E-state index in [4.69, 9.17) is 17.3 Å². The maximum absolute atomic E-state index is 11.9. The van der Waals surface area contributed by atoms with Crippen LogP contribution in [0.4, 0.5) is 5.69 Å². The van der Waals surface area contributed by atoms with Crippen molar-refractivity contribution in [2.75, 3.05) is 5.73 Å². The first-order chi connectivity index (χ1) is 7.18. The molecule has 0 radical (unpaired) electrons. The molecule has 4 heteroatoms. The van der Waals surface area contributed by atoms with E-state index < -0.39 is 0 Å². The minimum Gasteiger partial charge on any atom is -0.399 e. The van der Waals surface area contributed by atoms with Crippen molar-refractivity contribution in [2.24, 2.45) is 0 Å². The van der Waals surface area contributed by atoms with Gasteiger partial charge in [0.05, 0.1) is 10.7 Å². The van der Waals surface area contributed by atoms with Gasteiger partial charge in [-0.25, -0.2) is 0 Å². The summed E-state index contributed by atoms with van der Waals surface area (Å²) in [6.07, 6.45) is 1.69. The number of halogens is 1. The van der Waals surface area contributed by atoms with Gasteiger partial charge < -0.3 is 10.7 Å². The monoisotopic (exact) mass is 220 g/mol. The number of ketones is 1. The summed E-state index contributed by atoms with van der Waals surface area (Å²) in [5, 5.41) is 0.370. The molecular formula is C11H9ClN2O. The Balaban J connectivity index is 2.42. The van der Waals surface area contributed by atoms with Crippen LogP contribution < -0.4 is 5.73 Å². The molecule has 0 aliphatic rings. The highest BCUT2D eigenvalue weighted by molar-refractivity contribution is 6.35. The molecule has 0 unspecified atom stereocenters. The Labute approximate surface area is 91.9 Å². The van der Waals surface area contributed by atoms with Gasteiger partial charge in [-0.2, -0.15) is 0 Å². The van der Waals surface area contributed by atoms with Gasteiger partial charge in [-0.15, -0.1) is 0 Å². The molecule has 0 amide bonds. The number of anilines is 1. The third-order valence-electron chi connectivity index (χ3n) is 2.08. The van der Waals surface area contributed by atoms with Crippen molar-refractivity contribution in [3.63, 3.8) is 0 Å². The lowest BCUT2D eigenvalue weighted by molar-refractivity contribution is 0.103. The van der Waals surface area contributed by atoms with Crippen LogP contribution in [0.25, 0.3) is 0 Å². The summed E-state index contributed by atoms with van der Waals surface area (Å²) in [5.74, 6) is -0.134. The molecule has 1 aromatic heterocycles. The molecule has 0 atom stereocenters. The lowest BCUT2D eigenvalue weighted by atomic mass is 10.1. The summed E-state index contributed by atoms with van der Waals surface area (Å²) in [4.78, 5) is 14.7. The van der Waals surface area contributed by atoms with Gasteiger partial charge in [-0.1, -0.05) is 11.6 Å². The van der Waals surface area contributed by atoms with Crippen LogP contribution in [0.5, 0.6) is 0 Å². The van der Waals surface area contributed by atoms with Crippen LogP contribution in [0.3, 0.4) is 0 Å². The summed E-state index contributed by atoms with van der Waals surface area (Å²) in [6.45, 7) is 0. The predicted molar refractivity (Wildman–Crippen MR) is 60.1 cm³/mol. The SMILES string of the molecule is Nc1ccc(C(=O)c2ccc[nH]2)c(Cl)c1. The summed E-state index contributed by atoms with van der Waals surface area (Å²) < 4.78 is 0. The van der Waals surface area contributed by atoms with Gasteiger partial charge in [-0.3, -0.25) is 4.79 Å². The molecule has 2 aromatic rings. The number of hydrogen-bond donors (Lipinski definition) is 2. The van der Waals surface area contributed by atoms with Crippen LogP contribution in [-0.2, 0) is 0 Å². The molecule has 0 spiro atoms. The van der Waals surface area contributed by atoms with Crippen LogP contribution in [0, 0.1) is 0 Å². The molecule has 76 valence electrons. The van der Waals surface area contributed by atoms with Crippen molar-refractivity contribution < 1.29 is 4.79 Å². The topological polar surface area (TPSA) is 58.9 Å². The lowest BCUT2D eigenvalue weighted by Crippen LogP contribution is -2.02. The summed E-state index contributed by atoms with van der Waals surface area (Å²) in [7, 11) is 0. The fourth-order valence-corrected chi connectivity index (χ4v) is 1.61. The molecule has 3 nitrogen and oxygen atoms in total. The minimum absolute atomic E-state index is 0.134. The number of benzene rings is 1. The molecule has 3 N–H and O–H groups in total. The first-order valence-electron chi connectivity index (χ1n) is 4.41. The number of H-pyrrole nitrogens is 1. The van der Waals surface area contributed by atoms with Crippen molar-refractivity contribution in [2.45, 2.75) is 0 Å². The van der Waals surface area contributed by atoms with E-state index in [9.17, 15) is 4.79 Å². The third-order valence-corrected chi connectivity index (χ3v) is 2.39. The summed E-state index contributed by atoms with van der Waals surface area (Å²) in [5.41, 5.74) is 7.05. The van der Waals surface area contributed by atoms with Gasteiger partial charge in [0, 0.05) is 17.4 Å². The number of aromatic amines is 1. The smallest absolute Gasteiger partial charge is 0.210 e. The zero-order valence-corrected chi connectivity index (χ0v) is 8.58. The maximum atomic E-state index is 11.9. The number of aromatic nitrogens is 1. The lowest BCUT2D eigenvalue weighted by Gasteiger charge is -2.02. The number of carbonyl (C=O) groups excluding carboxylic acids is 1. The highest BCUT2D eigenvalue weighted by Crippen LogP contribution is 2.21. The fraction of sp³-hybridized carbons (Fsp3) is 0. The van der Waals surface area contributed by atoms with Crippen LogP contribution >= 0.6 is 11.6 Å².